The highest BCUT2D eigenvalue weighted by Gasteiger charge is 2.39. The summed E-state index contributed by atoms with van der Waals surface area (Å²) < 4.78 is 51.2. The number of benzene rings is 4. The van der Waals surface area contributed by atoms with Gasteiger partial charge in [-0.3, -0.25) is 4.18 Å². The van der Waals surface area contributed by atoms with Crippen LogP contribution in [-0.2, 0) is 29.4 Å². The predicted octanol–water partition coefficient (Wildman–Crippen LogP) is 8.46. The Morgan fingerprint density at radius 2 is 1.22 bits per heavy atom. The Morgan fingerprint density at radius 1 is 0.667 bits per heavy atom. The standard InChI is InChI=1S/C38H46O6S/c1-4-5-6-7-8-15-28-42-29-36(44-45(39,40)37-26-20-31(2)21-27-37)30-43-38(32-16-11-9-12-17-32,33-18-13-10-14-19-33)34-22-24-35(41-3)25-23-34/h9-14,16-27,36H,4-8,15,28-30H2,1-3H3/t36-/m0/s1. The highest BCUT2D eigenvalue weighted by atomic mass is 32.2. The van der Waals surface area contributed by atoms with E-state index in [2.05, 4.69) is 6.92 Å². The van der Waals surface area contributed by atoms with Gasteiger partial charge < -0.3 is 14.2 Å². The molecule has 0 bridgehead atoms. The summed E-state index contributed by atoms with van der Waals surface area (Å²) in [6.07, 6.45) is 5.93. The van der Waals surface area contributed by atoms with Crippen molar-refractivity contribution in [3.63, 3.8) is 0 Å². The molecule has 0 saturated heterocycles. The minimum atomic E-state index is -4.08. The first-order valence-electron chi connectivity index (χ1n) is 15.9. The van der Waals surface area contributed by atoms with Gasteiger partial charge in [-0.25, -0.2) is 0 Å². The van der Waals surface area contributed by atoms with E-state index in [4.69, 9.17) is 18.4 Å². The normalized spacial score (nSPS) is 12.6. The van der Waals surface area contributed by atoms with Crippen molar-refractivity contribution < 1.29 is 26.8 Å². The first-order valence-corrected chi connectivity index (χ1v) is 17.3. The second-order valence-corrected chi connectivity index (χ2v) is 12.9. The average molecular weight is 631 g/mol. The lowest BCUT2D eigenvalue weighted by atomic mass is 9.80. The van der Waals surface area contributed by atoms with Gasteiger partial charge >= 0.3 is 0 Å². The van der Waals surface area contributed by atoms with Crippen molar-refractivity contribution in [3.05, 3.63) is 131 Å². The quantitative estimate of drug-likeness (QED) is 0.0588. The molecule has 45 heavy (non-hydrogen) atoms. The molecule has 4 aromatic carbocycles. The molecule has 0 aliphatic heterocycles. The molecule has 0 fully saturated rings. The fourth-order valence-electron chi connectivity index (χ4n) is 5.38. The number of hydrogen-bond acceptors (Lipinski definition) is 6. The van der Waals surface area contributed by atoms with Crippen LogP contribution in [-0.4, -0.2) is 41.5 Å². The Kier molecular flexibility index (Phi) is 13.2. The van der Waals surface area contributed by atoms with Crippen LogP contribution in [0.15, 0.2) is 114 Å². The maximum atomic E-state index is 13.4. The van der Waals surface area contributed by atoms with E-state index in [-0.39, 0.29) is 18.1 Å². The summed E-state index contributed by atoms with van der Waals surface area (Å²) >= 11 is 0. The topological polar surface area (TPSA) is 71.1 Å². The molecule has 0 spiro atoms. The van der Waals surface area contributed by atoms with Crippen LogP contribution in [0.25, 0.3) is 0 Å². The summed E-state index contributed by atoms with van der Waals surface area (Å²) in [5.74, 6) is 0.724. The predicted molar refractivity (Wildman–Crippen MR) is 179 cm³/mol. The fourth-order valence-corrected chi connectivity index (χ4v) is 6.43. The van der Waals surface area contributed by atoms with Crippen LogP contribution in [0.4, 0.5) is 0 Å². The molecule has 7 heteroatoms. The minimum Gasteiger partial charge on any atom is -0.497 e. The zero-order valence-corrected chi connectivity index (χ0v) is 27.5. The lowest BCUT2D eigenvalue weighted by Gasteiger charge is -2.37. The Hall–Kier alpha value is -3.49. The molecule has 1 atom stereocenters. The van der Waals surface area contributed by atoms with Crippen molar-refractivity contribution in [2.75, 3.05) is 26.9 Å². The van der Waals surface area contributed by atoms with Gasteiger partial charge in [-0.2, -0.15) is 8.42 Å². The van der Waals surface area contributed by atoms with Gasteiger partial charge in [0, 0.05) is 6.61 Å². The van der Waals surface area contributed by atoms with Crippen molar-refractivity contribution in [2.24, 2.45) is 0 Å². The van der Waals surface area contributed by atoms with Crippen molar-refractivity contribution in [1.82, 2.24) is 0 Å². The SMILES string of the molecule is CCCCCCCCOC[C@@H](COC(c1ccccc1)(c1ccccc1)c1ccc(OC)cc1)OS(=O)(=O)c1ccc(C)cc1. The number of aryl methyl sites for hydroxylation is 1. The molecule has 4 rings (SSSR count). The van der Waals surface area contributed by atoms with E-state index < -0.39 is 21.8 Å². The average Bonchev–Trinajstić information content (AvgIpc) is 3.07. The third-order valence-electron chi connectivity index (χ3n) is 7.86. The Balaban J connectivity index is 1.65. The summed E-state index contributed by atoms with van der Waals surface area (Å²) in [6.45, 7) is 4.67. The molecular weight excluding hydrogens is 584 g/mol. The zero-order chi connectivity index (χ0) is 32.0. The lowest BCUT2D eigenvalue weighted by molar-refractivity contribution is -0.0536. The van der Waals surface area contributed by atoms with Crippen molar-refractivity contribution in [2.45, 2.75) is 69.0 Å². The molecular formula is C38H46O6S. The number of hydrogen-bond donors (Lipinski definition) is 0. The summed E-state index contributed by atoms with van der Waals surface area (Å²) in [4.78, 5) is 0.0987. The smallest absolute Gasteiger partial charge is 0.297 e. The first kappa shape index (κ1) is 34.4. The number of unbranched alkanes of at least 4 members (excludes halogenated alkanes) is 5. The molecule has 0 unspecified atom stereocenters. The zero-order valence-electron chi connectivity index (χ0n) is 26.7. The van der Waals surface area contributed by atoms with Crippen molar-refractivity contribution in [1.29, 1.82) is 0 Å². The second kappa shape index (κ2) is 17.3. The monoisotopic (exact) mass is 630 g/mol. The van der Waals surface area contributed by atoms with E-state index in [0.717, 1.165) is 40.8 Å². The molecule has 0 aliphatic rings. The molecule has 0 radical (unpaired) electrons. The van der Waals surface area contributed by atoms with Gasteiger partial charge in [0.25, 0.3) is 10.1 Å². The molecule has 0 heterocycles. The molecule has 6 nitrogen and oxygen atoms in total. The van der Waals surface area contributed by atoms with Gasteiger partial charge in [-0.15, -0.1) is 0 Å². The van der Waals surface area contributed by atoms with Gasteiger partial charge in [-0.05, 0) is 54.3 Å². The van der Waals surface area contributed by atoms with Gasteiger partial charge in [0.15, 0.2) is 0 Å². The molecule has 4 aromatic rings. The maximum absolute atomic E-state index is 13.4. The summed E-state index contributed by atoms with van der Waals surface area (Å²) in [5, 5.41) is 0. The molecule has 0 N–H and O–H groups in total. The van der Waals surface area contributed by atoms with E-state index in [1.54, 1.807) is 31.4 Å². The van der Waals surface area contributed by atoms with E-state index in [0.29, 0.717) is 6.61 Å². The largest absolute Gasteiger partial charge is 0.497 e. The third kappa shape index (κ3) is 9.50. The van der Waals surface area contributed by atoms with Gasteiger partial charge in [0.2, 0.25) is 0 Å². The van der Waals surface area contributed by atoms with Crippen LogP contribution in [0.3, 0.4) is 0 Å². The van der Waals surface area contributed by atoms with Gasteiger partial charge in [0.1, 0.15) is 17.5 Å². The van der Waals surface area contributed by atoms with E-state index in [1.165, 1.54) is 25.7 Å². The fraction of sp³-hybridized carbons (Fsp3) is 0.368. The van der Waals surface area contributed by atoms with Crippen LogP contribution >= 0.6 is 0 Å². The summed E-state index contributed by atoms with van der Waals surface area (Å²) in [5.41, 5.74) is 2.56. The van der Waals surface area contributed by atoms with Crippen LogP contribution in [0.2, 0.25) is 0 Å². The van der Waals surface area contributed by atoms with Crippen LogP contribution in [0.1, 0.15) is 67.7 Å². The van der Waals surface area contributed by atoms with Crippen LogP contribution in [0.5, 0.6) is 5.75 Å². The lowest BCUT2D eigenvalue weighted by Crippen LogP contribution is -2.38. The maximum Gasteiger partial charge on any atom is 0.297 e. The van der Waals surface area contributed by atoms with E-state index in [1.807, 2.05) is 91.9 Å². The number of ether oxygens (including phenoxy) is 3. The summed E-state index contributed by atoms with van der Waals surface area (Å²) in [7, 11) is -2.45. The summed E-state index contributed by atoms with van der Waals surface area (Å²) in [6, 6.07) is 34.3. The minimum absolute atomic E-state index is 0.0442. The van der Waals surface area contributed by atoms with Crippen molar-refractivity contribution in [3.8, 4) is 5.75 Å². The molecule has 0 amide bonds. The molecule has 0 saturated carbocycles. The number of methoxy groups -OCH3 is 1. The second-order valence-electron chi connectivity index (χ2n) is 11.3. The molecule has 240 valence electrons. The number of rotatable bonds is 19. The Bertz CT molecular complexity index is 1470. The van der Waals surface area contributed by atoms with E-state index in [9.17, 15) is 8.42 Å². The molecule has 0 aromatic heterocycles. The molecule has 0 aliphatic carbocycles. The van der Waals surface area contributed by atoms with E-state index >= 15 is 0 Å². The first-order chi connectivity index (χ1) is 21.9. The van der Waals surface area contributed by atoms with Crippen LogP contribution < -0.4 is 4.74 Å². The van der Waals surface area contributed by atoms with Crippen molar-refractivity contribution >= 4 is 10.1 Å². The highest BCUT2D eigenvalue weighted by Crippen LogP contribution is 2.41. The van der Waals surface area contributed by atoms with Gasteiger partial charge in [0.05, 0.1) is 25.2 Å². The Morgan fingerprint density at radius 3 is 1.80 bits per heavy atom. The van der Waals surface area contributed by atoms with Crippen LogP contribution in [0, 0.1) is 6.92 Å². The third-order valence-corrected chi connectivity index (χ3v) is 9.24. The Labute approximate surface area is 269 Å². The van der Waals surface area contributed by atoms with Gasteiger partial charge in [-0.1, -0.05) is 130 Å². The highest BCUT2D eigenvalue weighted by molar-refractivity contribution is 7.86.